The molecule has 3 heteroatoms. The second-order valence-electron chi connectivity index (χ2n) is 5.58. The van der Waals surface area contributed by atoms with Crippen molar-refractivity contribution in [2.45, 2.75) is 33.6 Å². The molecule has 124 valence electrons. The van der Waals surface area contributed by atoms with Gasteiger partial charge in [-0.25, -0.2) is 0 Å². The van der Waals surface area contributed by atoms with Gasteiger partial charge in [0.05, 0.1) is 19.8 Å². The van der Waals surface area contributed by atoms with Crippen molar-refractivity contribution >= 4 is 0 Å². The van der Waals surface area contributed by atoms with Crippen molar-refractivity contribution in [1.29, 1.82) is 0 Å². The lowest BCUT2D eigenvalue weighted by Crippen LogP contribution is -2.03. The van der Waals surface area contributed by atoms with Gasteiger partial charge in [-0.2, -0.15) is 0 Å². The fraction of sp³-hybridized carbons (Fsp3) is 0.400. The topological polar surface area (TPSA) is 27.7 Å². The summed E-state index contributed by atoms with van der Waals surface area (Å²) in [6, 6.07) is 14.0. The molecule has 0 fully saturated rings. The summed E-state index contributed by atoms with van der Waals surface area (Å²) in [6.45, 7) is 8.25. The van der Waals surface area contributed by atoms with Crippen LogP contribution in [0.3, 0.4) is 0 Å². The van der Waals surface area contributed by atoms with Gasteiger partial charge in [-0.3, -0.25) is 0 Å². The van der Waals surface area contributed by atoms with Crippen molar-refractivity contribution in [3.63, 3.8) is 0 Å². The summed E-state index contributed by atoms with van der Waals surface area (Å²) in [4.78, 5) is 0. The van der Waals surface area contributed by atoms with Crippen LogP contribution in [0.1, 0.15) is 30.9 Å². The van der Waals surface area contributed by atoms with Crippen LogP contribution in [0.25, 0.3) is 0 Å². The zero-order valence-electron chi connectivity index (χ0n) is 14.3. The standard InChI is InChI=1S/C20H26O3/c1-4-21-18-8-10-19(11-9-18)22-13-5-6-14-23-20-12-7-16(2)15-17(20)3/h7-12,15H,4-6,13-14H2,1-3H3. The summed E-state index contributed by atoms with van der Waals surface area (Å²) >= 11 is 0. The first-order valence-electron chi connectivity index (χ1n) is 8.24. The first-order valence-corrected chi connectivity index (χ1v) is 8.24. The monoisotopic (exact) mass is 314 g/mol. The van der Waals surface area contributed by atoms with E-state index in [9.17, 15) is 0 Å². The van der Waals surface area contributed by atoms with Crippen LogP contribution in [0.5, 0.6) is 17.2 Å². The maximum atomic E-state index is 5.81. The maximum absolute atomic E-state index is 5.81. The van der Waals surface area contributed by atoms with Gasteiger partial charge in [-0.05, 0) is 69.5 Å². The molecule has 0 aromatic heterocycles. The van der Waals surface area contributed by atoms with Gasteiger partial charge < -0.3 is 14.2 Å². The van der Waals surface area contributed by atoms with Crippen molar-refractivity contribution in [1.82, 2.24) is 0 Å². The summed E-state index contributed by atoms with van der Waals surface area (Å²) in [7, 11) is 0. The van der Waals surface area contributed by atoms with Crippen molar-refractivity contribution in [3.05, 3.63) is 53.6 Å². The van der Waals surface area contributed by atoms with Crippen molar-refractivity contribution in [3.8, 4) is 17.2 Å². The molecule has 0 atom stereocenters. The van der Waals surface area contributed by atoms with Crippen molar-refractivity contribution < 1.29 is 14.2 Å². The zero-order valence-corrected chi connectivity index (χ0v) is 14.3. The number of hydrogen-bond donors (Lipinski definition) is 0. The van der Waals surface area contributed by atoms with Crippen LogP contribution in [-0.2, 0) is 0 Å². The Hall–Kier alpha value is -2.16. The van der Waals surface area contributed by atoms with E-state index in [0.29, 0.717) is 13.2 Å². The predicted octanol–water partition coefficient (Wildman–Crippen LogP) is 4.94. The maximum Gasteiger partial charge on any atom is 0.122 e. The first kappa shape index (κ1) is 17.2. The third-order valence-corrected chi connectivity index (χ3v) is 3.53. The van der Waals surface area contributed by atoms with Gasteiger partial charge >= 0.3 is 0 Å². The number of unbranched alkanes of at least 4 members (excludes halogenated alkanes) is 1. The largest absolute Gasteiger partial charge is 0.494 e. The Labute approximate surface area is 139 Å². The van der Waals surface area contributed by atoms with E-state index in [1.54, 1.807) is 0 Å². The molecule has 2 aromatic carbocycles. The second kappa shape index (κ2) is 9.09. The molecule has 0 heterocycles. The first-order chi connectivity index (χ1) is 11.2. The van der Waals surface area contributed by atoms with Crippen LogP contribution in [0.2, 0.25) is 0 Å². The fourth-order valence-corrected chi connectivity index (χ4v) is 2.34. The van der Waals surface area contributed by atoms with Crippen LogP contribution in [0.4, 0.5) is 0 Å². The van der Waals surface area contributed by atoms with E-state index < -0.39 is 0 Å². The summed E-state index contributed by atoms with van der Waals surface area (Å²) < 4.78 is 16.9. The van der Waals surface area contributed by atoms with E-state index >= 15 is 0 Å². The molecule has 0 amide bonds. The second-order valence-corrected chi connectivity index (χ2v) is 5.58. The van der Waals surface area contributed by atoms with E-state index in [0.717, 1.165) is 36.7 Å². The highest BCUT2D eigenvalue weighted by Gasteiger charge is 2.00. The lowest BCUT2D eigenvalue weighted by molar-refractivity contribution is 0.265. The molecule has 0 saturated heterocycles. The Kier molecular flexibility index (Phi) is 6.79. The summed E-state index contributed by atoms with van der Waals surface area (Å²) in [5.41, 5.74) is 2.45. The molecule has 0 spiro atoms. The van der Waals surface area contributed by atoms with Crippen LogP contribution in [0, 0.1) is 13.8 Å². The van der Waals surface area contributed by atoms with E-state index in [4.69, 9.17) is 14.2 Å². The Morgan fingerprint density at radius 3 is 1.96 bits per heavy atom. The predicted molar refractivity (Wildman–Crippen MR) is 93.8 cm³/mol. The molecule has 0 aliphatic rings. The average Bonchev–Trinajstić information content (AvgIpc) is 2.54. The molecule has 0 unspecified atom stereocenters. The van der Waals surface area contributed by atoms with Crippen LogP contribution in [-0.4, -0.2) is 19.8 Å². The highest BCUT2D eigenvalue weighted by atomic mass is 16.5. The highest BCUT2D eigenvalue weighted by molar-refractivity contribution is 5.35. The molecular formula is C20H26O3. The van der Waals surface area contributed by atoms with E-state index in [1.165, 1.54) is 11.1 Å². The van der Waals surface area contributed by atoms with Crippen LogP contribution in [0.15, 0.2) is 42.5 Å². The van der Waals surface area contributed by atoms with Gasteiger partial charge in [0.25, 0.3) is 0 Å². The lowest BCUT2D eigenvalue weighted by atomic mass is 10.1. The Balaban J connectivity index is 1.62. The summed E-state index contributed by atoms with van der Waals surface area (Å²) in [5.74, 6) is 2.73. The lowest BCUT2D eigenvalue weighted by Gasteiger charge is -2.10. The molecule has 0 saturated carbocycles. The Bertz CT molecular complexity index is 590. The van der Waals surface area contributed by atoms with Crippen molar-refractivity contribution in [2.75, 3.05) is 19.8 Å². The van der Waals surface area contributed by atoms with Crippen LogP contribution < -0.4 is 14.2 Å². The van der Waals surface area contributed by atoms with E-state index in [2.05, 4.69) is 26.0 Å². The third kappa shape index (κ3) is 5.85. The molecule has 2 rings (SSSR count). The van der Waals surface area contributed by atoms with Gasteiger partial charge in [0.15, 0.2) is 0 Å². The SMILES string of the molecule is CCOc1ccc(OCCCCOc2ccc(C)cc2C)cc1. The van der Waals surface area contributed by atoms with Gasteiger partial charge in [0, 0.05) is 0 Å². The smallest absolute Gasteiger partial charge is 0.122 e. The van der Waals surface area contributed by atoms with Crippen LogP contribution >= 0.6 is 0 Å². The molecule has 23 heavy (non-hydrogen) atoms. The number of rotatable bonds is 9. The normalized spacial score (nSPS) is 10.4. The molecular weight excluding hydrogens is 288 g/mol. The molecule has 0 N–H and O–H groups in total. The van der Waals surface area contributed by atoms with Crippen molar-refractivity contribution in [2.24, 2.45) is 0 Å². The molecule has 0 bridgehead atoms. The van der Waals surface area contributed by atoms with E-state index in [1.807, 2.05) is 37.3 Å². The van der Waals surface area contributed by atoms with Gasteiger partial charge in [0.2, 0.25) is 0 Å². The molecule has 3 nitrogen and oxygen atoms in total. The quantitative estimate of drug-likeness (QED) is 0.614. The minimum Gasteiger partial charge on any atom is -0.494 e. The number of benzene rings is 2. The average molecular weight is 314 g/mol. The fourth-order valence-electron chi connectivity index (χ4n) is 2.34. The molecule has 0 aliphatic carbocycles. The van der Waals surface area contributed by atoms with Gasteiger partial charge in [-0.1, -0.05) is 17.7 Å². The number of hydrogen-bond acceptors (Lipinski definition) is 3. The van der Waals surface area contributed by atoms with Gasteiger partial charge in [0.1, 0.15) is 17.2 Å². The summed E-state index contributed by atoms with van der Waals surface area (Å²) in [6.07, 6.45) is 1.95. The molecule has 2 aromatic rings. The number of ether oxygens (including phenoxy) is 3. The third-order valence-electron chi connectivity index (χ3n) is 3.53. The Morgan fingerprint density at radius 2 is 1.35 bits per heavy atom. The minimum atomic E-state index is 0.681. The minimum absolute atomic E-state index is 0.681. The summed E-state index contributed by atoms with van der Waals surface area (Å²) in [5, 5.41) is 0. The molecule has 0 radical (unpaired) electrons. The molecule has 0 aliphatic heterocycles. The number of aryl methyl sites for hydroxylation is 2. The Morgan fingerprint density at radius 1 is 0.739 bits per heavy atom. The van der Waals surface area contributed by atoms with Gasteiger partial charge in [-0.15, -0.1) is 0 Å². The highest BCUT2D eigenvalue weighted by Crippen LogP contribution is 2.19. The zero-order chi connectivity index (χ0) is 16.5. The van der Waals surface area contributed by atoms with E-state index in [-0.39, 0.29) is 0 Å².